The van der Waals surface area contributed by atoms with Crippen LogP contribution < -0.4 is 16.6 Å². The van der Waals surface area contributed by atoms with Gasteiger partial charge >= 0.3 is 0 Å². The quantitative estimate of drug-likeness (QED) is 0.561. The molecule has 0 unspecified atom stereocenters. The summed E-state index contributed by atoms with van der Waals surface area (Å²) in [5.74, 6) is 4.55. The maximum atomic E-state index is 13.8. The third kappa shape index (κ3) is 3.41. The lowest BCUT2D eigenvalue weighted by Gasteiger charge is -2.11. The fourth-order valence-electron chi connectivity index (χ4n) is 2.50. The van der Waals surface area contributed by atoms with Gasteiger partial charge in [0, 0.05) is 12.7 Å². The topological polar surface area (TPSA) is 80.0 Å². The lowest BCUT2D eigenvalue weighted by atomic mass is 10.0. The molecule has 1 aromatic heterocycles. The number of aromatic nitrogens is 1. The fraction of sp³-hybridized carbons (Fsp3) is 0.538. The van der Waals surface area contributed by atoms with Crippen molar-refractivity contribution in [1.82, 2.24) is 10.3 Å². The number of nitrogens with one attached hydrogen (secondary N) is 2. The lowest BCUT2D eigenvalue weighted by molar-refractivity contribution is 0.0947. The minimum atomic E-state index is -0.719. The highest BCUT2D eigenvalue weighted by molar-refractivity contribution is 5.95. The van der Waals surface area contributed by atoms with E-state index < -0.39 is 11.7 Å². The van der Waals surface area contributed by atoms with Gasteiger partial charge in [0.25, 0.3) is 5.91 Å². The Kier molecular flexibility index (Phi) is 4.68. The van der Waals surface area contributed by atoms with Gasteiger partial charge in [-0.1, -0.05) is 25.7 Å². The number of carbonyl (C=O) groups is 1. The molecule has 19 heavy (non-hydrogen) atoms. The molecule has 104 valence electrons. The van der Waals surface area contributed by atoms with Gasteiger partial charge in [-0.05, 0) is 18.4 Å². The molecule has 4 N–H and O–H groups in total. The molecule has 5 nitrogen and oxygen atoms in total. The van der Waals surface area contributed by atoms with Crippen LogP contribution in [0.3, 0.4) is 0 Å². The zero-order valence-corrected chi connectivity index (χ0v) is 10.8. The molecule has 1 aliphatic carbocycles. The van der Waals surface area contributed by atoms with E-state index in [0.717, 1.165) is 6.42 Å². The first-order valence-electron chi connectivity index (χ1n) is 6.61. The Bertz CT molecular complexity index is 446. The molecule has 1 aromatic rings. The van der Waals surface area contributed by atoms with Crippen LogP contribution in [0.5, 0.6) is 0 Å². The Balaban J connectivity index is 1.88. The van der Waals surface area contributed by atoms with E-state index in [1.807, 2.05) is 0 Å². The lowest BCUT2D eigenvalue weighted by Crippen LogP contribution is -2.27. The maximum absolute atomic E-state index is 13.8. The molecule has 1 fully saturated rings. The molecule has 0 atom stereocenters. The zero-order chi connectivity index (χ0) is 13.7. The second-order valence-corrected chi connectivity index (χ2v) is 4.86. The molecule has 1 aliphatic rings. The summed E-state index contributed by atoms with van der Waals surface area (Å²) >= 11 is 0. The van der Waals surface area contributed by atoms with Crippen LogP contribution in [-0.2, 0) is 0 Å². The van der Waals surface area contributed by atoms with Crippen molar-refractivity contribution in [2.24, 2.45) is 11.8 Å². The predicted octanol–water partition coefficient (Wildman–Crippen LogP) is 1.82. The smallest absolute Gasteiger partial charge is 0.254 e. The summed E-state index contributed by atoms with van der Waals surface area (Å²) in [6.07, 6.45) is 7.35. The molecule has 0 bridgehead atoms. The van der Waals surface area contributed by atoms with Gasteiger partial charge < -0.3 is 10.7 Å². The van der Waals surface area contributed by atoms with Crippen molar-refractivity contribution in [3.8, 4) is 0 Å². The van der Waals surface area contributed by atoms with Gasteiger partial charge in [-0.15, -0.1) is 0 Å². The Hall–Kier alpha value is -1.69. The van der Waals surface area contributed by atoms with E-state index in [4.69, 9.17) is 5.84 Å². The summed E-state index contributed by atoms with van der Waals surface area (Å²) < 4.78 is 13.8. The Morgan fingerprint density at radius 3 is 2.89 bits per heavy atom. The number of amides is 1. The van der Waals surface area contributed by atoms with Crippen LogP contribution in [-0.4, -0.2) is 17.4 Å². The third-order valence-electron chi connectivity index (χ3n) is 3.58. The highest BCUT2D eigenvalue weighted by Gasteiger charge is 2.17. The number of halogens is 1. The monoisotopic (exact) mass is 266 g/mol. The molecule has 0 radical (unpaired) electrons. The van der Waals surface area contributed by atoms with E-state index in [9.17, 15) is 9.18 Å². The van der Waals surface area contributed by atoms with E-state index in [2.05, 4.69) is 15.7 Å². The molecule has 1 amide bonds. The number of nitrogen functional groups attached to an aromatic ring is 1. The molecule has 0 spiro atoms. The Labute approximate surface area is 111 Å². The number of pyridine rings is 1. The molecular weight excluding hydrogens is 247 g/mol. The molecule has 1 saturated carbocycles. The van der Waals surface area contributed by atoms with Crippen molar-refractivity contribution in [1.29, 1.82) is 0 Å². The first-order valence-corrected chi connectivity index (χ1v) is 6.61. The predicted molar refractivity (Wildman–Crippen MR) is 70.9 cm³/mol. The molecule has 1 heterocycles. The third-order valence-corrected chi connectivity index (χ3v) is 3.58. The van der Waals surface area contributed by atoms with Gasteiger partial charge in [0.2, 0.25) is 0 Å². The van der Waals surface area contributed by atoms with Crippen LogP contribution in [0.2, 0.25) is 0 Å². The van der Waals surface area contributed by atoms with Gasteiger partial charge in [0.15, 0.2) is 11.6 Å². The molecule has 0 aliphatic heterocycles. The largest absolute Gasteiger partial charge is 0.352 e. The van der Waals surface area contributed by atoms with Crippen molar-refractivity contribution >= 4 is 11.7 Å². The van der Waals surface area contributed by atoms with E-state index in [-0.39, 0.29) is 11.4 Å². The van der Waals surface area contributed by atoms with Crippen LogP contribution in [0, 0.1) is 11.7 Å². The SMILES string of the molecule is NNc1nccc(C(=O)NCCC2CCCC2)c1F. The minimum Gasteiger partial charge on any atom is -0.352 e. The van der Waals surface area contributed by atoms with E-state index in [1.165, 1.54) is 37.9 Å². The number of carbonyl (C=O) groups excluding carboxylic acids is 1. The highest BCUT2D eigenvalue weighted by Crippen LogP contribution is 2.26. The van der Waals surface area contributed by atoms with Gasteiger partial charge in [0.1, 0.15) is 0 Å². The van der Waals surface area contributed by atoms with Crippen molar-refractivity contribution < 1.29 is 9.18 Å². The second-order valence-electron chi connectivity index (χ2n) is 4.86. The summed E-state index contributed by atoms with van der Waals surface area (Å²) in [6.45, 7) is 0.580. The zero-order valence-electron chi connectivity index (χ0n) is 10.8. The molecule has 2 rings (SSSR count). The van der Waals surface area contributed by atoms with Crippen molar-refractivity contribution in [3.63, 3.8) is 0 Å². The first-order chi connectivity index (χ1) is 9.22. The number of nitrogens with zero attached hydrogens (tertiary/aromatic N) is 1. The van der Waals surface area contributed by atoms with E-state index in [0.29, 0.717) is 12.5 Å². The van der Waals surface area contributed by atoms with Crippen LogP contribution in [0.1, 0.15) is 42.5 Å². The standard InChI is InChI=1S/C13H19FN4O/c14-11-10(6-8-16-12(11)18-15)13(19)17-7-5-9-3-1-2-4-9/h6,8-9H,1-5,7,15H2,(H,16,18)(H,17,19). The van der Waals surface area contributed by atoms with Gasteiger partial charge in [-0.3, -0.25) is 4.79 Å². The number of nitrogens with two attached hydrogens (primary N) is 1. The number of hydrazine groups is 1. The molecule has 0 saturated heterocycles. The summed E-state index contributed by atoms with van der Waals surface area (Å²) in [5.41, 5.74) is 2.09. The molecule has 0 aromatic carbocycles. The summed E-state index contributed by atoms with van der Waals surface area (Å²) in [4.78, 5) is 15.6. The summed E-state index contributed by atoms with van der Waals surface area (Å²) in [6, 6.07) is 1.35. The summed E-state index contributed by atoms with van der Waals surface area (Å²) in [5, 5.41) is 2.74. The van der Waals surface area contributed by atoms with Gasteiger partial charge in [-0.25, -0.2) is 15.2 Å². The van der Waals surface area contributed by atoms with Gasteiger partial charge in [-0.2, -0.15) is 0 Å². The summed E-state index contributed by atoms with van der Waals surface area (Å²) in [7, 11) is 0. The van der Waals surface area contributed by atoms with Crippen LogP contribution in [0.4, 0.5) is 10.2 Å². The van der Waals surface area contributed by atoms with Crippen molar-refractivity contribution in [3.05, 3.63) is 23.6 Å². The Morgan fingerprint density at radius 1 is 1.47 bits per heavy atom. The van der Waals surface area contributed by atoms with Gasteiger partial charge in [0.05, 0.1) is 5.56 Å². The average Bonchev–Trinajstić information content (AvgIpc) is 2.92. The van der Waals surface area contributed by atoms with E-state index in [1.54, 1.807) is 0 Å². The average molecular weight is 266 g/mol. The molecular formula is C13H19FN4O. The number of hydrogen-bond acceptors (Lipinski definition) is 4. The molecule has 6 heteroatoms. The van der Waals surface area contributed by atoms with Crippen molar-refractivity contribution in [2.45, 2.75) is 32.1 Å². The second kappa shape index (κ2) is 6.47. The fourth-order valence-corrected chi connectivity index (χ4v) is 2.50. The van der Waals surface area contributed by atoms with Crippen LogP contribution in [0.25, 0.3) is 0 Å². The highest BCUT2D eigenvalue weighted by atomic mass is 19.1. The number of hydrogen-bond donors (Lipinski definition) is 3. The maximum Gasteiger partial charge on any atom is 0.254 e. The minimum absolute atomic E-state index is 0.0330. The van der Waals surface area contributed by atoms with Crippen LogP contribution >= 0.6 is 0 Å². The van der Waals surface area contributed by atoms with Crippen LogP contribution in [0.15, 0.2) is 12.3 Å². The van der Waals surface area contributed by atoms with Crippen molar-refractivity contribution in [2.75, 3.05) is 12.0 Å². The Morgan fingerprint density at radius 2 is 2.21 bits per heavy atom. The number of anilines is 1. The number of rotatable bonds is 5. The van der Waals surface area contributed by atoms with E-state index >= 15 is 0 Å². The normalized spacial score (nSPS) is 15.5. The first kappa shape index (κ1) is 13.7.